The average Bonchev–Trinajstić information content (AvgIpc) is 3.19. The van der Waals surface area contributed by atoms with Gasteiger partial charge < -0.3 is 10.2 Å². The van der Waals surface area contributed by atoms with Crippen molar-refractivity contribution in [2.24, 2.45) is 5.41 Å². The van der Waals surface area contributed by atoms with Crippen LogP contribution in [0.1, 0.15) is 94.4 Å². The predicted molar refractivity (Wildman–Crippen MR) is 105 cm³/mol. The van der Waals surface area contributed by atoms with E-state index in [9.17, 15) is 0 Å². The highest BCUT2D eigenvalue weighted by Crippen LogP contribution is 2.45. The van der Waals surface area contributed by atoms with Crippen molar-refractivity contribution in [2.45, 2.75) is 112 Å². The lowest BCUT2D eigenvalue weighted by atomic mass is 9.79. The zero-order valence-corrected chi connectivity index (χ0v) is 18.0. The second-order valence-electron chi connectivity index (χ2n) is 9.79. The highest BCUT2D eigenvalue weighted by molar-refractivity contribution is 5.25. The van der Waals surface area contributed by atoms with Crippen LogP contribution in [0.5, 0.6) is 0 Å². The van der Waals surface area contributed by atoms with Crippen LogP contribution in [0.15, 0.2) is 11.3 Å². The molecule has 2 aliphatic rings. The smallest absolute Gasteiger partial charge is 0.129 e. The summed E-state index contributed by atoms with van der Waals surface area (Å²) in [5.74, 6) is 1.20. The molecule has 2 fully saturated rings. The molecule has 3 nitrogen and oxygen atoms in total. The van der Waals surface area contributed by atoms with E-state index < -0.39 is 0 Å². The Morgan fingerprint density at radius 2 is 1.50 bits per heavy atom. The van der Waals surface area contributed by atoms with Gasteiger partial charge in [-0.2, -0.15) is 0 Å². The van der Waals surface area contributed by atoms with Crippen LogP contribution in [0.25, 0.3) is 0 Å². The Kier molecular flexibility index (Phi) is 6.97. The van der Waals surface area contributed by atoms with E-state index in [4.69, 9.17) is 4.84 Å². The number of nitrogens with one attached hydrogen (secondary N) is 1. The van der Waals surface area contributed by atoms with E-state index in [0.29, 0.717) is 6.04 Å². The molecule has 1 aliphatic heterocycles. The molecule has 1 saturated heterocycles. The molecule has 0 amide bonds. The molecular weight excluding hydrogens is 296 g/mol. The van der Waals surface area contributed by atoms with Gasteiger partial charge in [-0.05, 0) is 66.0 Å². The molecule has 0 spiro atoms. The van der Waals surface area contributed by atoms with Crippen LogP contribution in [-0.2, 0) is 4.84 Å². The maximum atomic E-state index is 6.59. The number of allylic oxidation sites excluding steroid dienone is 2. The highest BCUT2D eigenvalue weighted by atomic mass is 16.7. The molecule has 3 heteroatoms. The van der Waals surface area contributed by atoms with E-state index in [1.165, 1.54) is 30.6 Å². The van der Waals surface area contributed by atoms with Crippen molar-refractivity contribution in [2.75, 3.05) is 7.05 Å². The molecule has 0 aromatic heterocycles. The minimum absolute atomic E-state index is 0.0291. The zero-order chi connectivity index (χ0) is 18.8. The quantitative estimate of drug-likeness (QED) is 0.671. The third-order valence-corrected chi connectivity index (χ3v) is 4.68. The summed E-state index contributed by atoms with van der Waals surface area (Å²) < 4.78 is 0. The van der Waals surface area contributed by atoms with E-state index in [0.717, 1.165) is 12.8 Å². The maximum Gasteiger partial charge on any atom is 0.129 e. The van der Waals surface area contributed by atoms with Crippen molar-refractivity contribution in [1.82, 2.24) is 10.4 Å². The molecule has 0 aromatic carbocycles. The number of rotatable bonds is 3. The van der Waals surface area contributed by atoms with Gasteiger partial charge in [-0.15, -0.1) is 5.06 Å². The fourth-order valence-electron chi connectivity index (χ4n) is 3.83. The van der Waals surface area contributed by atoms with Gasteiger partial charge in [-0.1, -0.05) is 41.0 Å². The monoisotopic (exact) mass is 338 g/mol. The van der Waals surface area contributed by atoms with Crippen LogP contribution in [0.4, 0.5) is 0 Å². The first-order chi connectivity index (χ1) is 10.9. The molecule has 1 heterocycles. The summed E-state index contributed by atoms with van der Waals surface area (Å²) in [7, 11) is 2.07. The highest BCUT2D eigenvalue weighted by Gasteiger charge is 2.48. The van der Waals surface area contributed by atoms with Crippen molar-refractivity contribution in [1.29, 1.82) is 0 Å². The summed E-state index contributed by atoms with van der Waals surface area (Å²) in [6.45, 7) is 20.2. The predicted octanol–water partition coefficient (Wildman–Crippen LogP) is 5.67. The number of nitrogens with zero attached hydrogens (tertiary/aromatic N) is 1. The Morgan fingerprint density at radius 1 is 1.08 bits per heavy atom. The van der Waals surface area contributed by atoms with Crippen LogP contribution in [0.3, 0.4) is 0 Å². The van der Waals surface area contributed by atoms with Crippen molar-refractivity contribution >= 4 is 0 Å². The topological polar surface area (TPSA) is 24.5 Å². The summed E-state index contributed by atoms with van der Waals surface area (Å²) in [5, 5.41) is 5.74. The van der Waals surface area contributed by atoms with Crippen molar-refractivity contribution in [3.63, 3.8) is 0 Å². The average molecular weight is 339 g/mol. The van der Waals surface area contributed by atoms with E-state index in [2.05, 4.69) is 79.7 Å². The third kappa shape index (κ3) is 5.49. The molecular formula is C21H42N2O. The second kappa shape index (κ2) is 7.78. The van der Waals surface area contributed by atoms with Crippen molar-refractivity contribution in [3.05, 3.63) is 11.3 Å². The standard InChI is InChI=1S/C18H34N2O.C3H8/c1-16(2,3)15(13-9-10-13)21-20-17(4,5)11-14(19-8)12-18(20,6)7;1-3-2/h14,19H,9-12H2,1-8H3;3H2,1-2H3. The molecule has 1 N–H and O–H groups in total. The SMILES string of the molecule is CCC.CNC1CC(C)(C)N(OC(=C2CC2)C(C)(C)C)C(C)(C)C1. The number of hydrogen-bond acceptors (Lipinski definition) is 3. The van der Waals surface area contributed by atoms with Crippen LogP contribution in [0.2, 0.25) is 0 Å². The van der Waals surface area contributed by atoms with E-state index in [1.807, 2.05) is 0 Å². The molecule has 0 bridgehead atoms. The molecule has 0 aromatic rings. The Balaban J connectivity index is 0.000000891. The van der Waals surface area contributed by atoms with E-state index >= 15 is 0 Å². The lowest BCUT2D eigenvalue weighted by Gasteiger charge is -2.54. The first-order valence-corrected chi connectivity index (χ1v) is 9.77. The fourth-order valence-corrected chi connectivity index (χ4v) is 3.83. The van der Waals surface area contributed by atoms with E-state index in [-0.39, 0.29) is 16.5 Å². The van der Waals surface area contributed by atoms with Gasteiger partial charge in [0, 0.05) is 11.5 Å². The Morgan fingerprint density at radius 3 is 1.79 bits per heavy atom. The molecule has 0 atom stereocenters. The van der Waals surface area contributed by atoms with Crippen LogP contribution >= 0.6 is 0 Å². The molecule has 1 saturated carbocycles. The number of hydroxylamine groups is 2. The molecule has 2 rings (SSSR count). The maximum absolute atomic E-state index is 6.59. The van der Waals surface area contributed by atoms with Gasteiger partial charge in [0.1, 0.15) is 5.76 Å². The summed E-state index contributed by atoms with van der Waals surface area (Å²) in [4.78, 5) is 6.59. The molecule has 24 heavy (non-hydrogen) atoms. The Labute approximate surface area is 151 Å². The van der Waals surface area contributed by atoms with E-state index in [1.54, 1.807) is 0 Å². The lowest BCUT2D eigenvalue weighted by Crippen LogP contribution is -2.63. The molecule has 142 valence electrons. The fraction of sp³-hybridized carbons (Fsp3) is 0.905. The van der Waals surface area contributed by atoms with Gasteiger partial charge in [0.15, 0.2) is 0 Å². The van der Waals surface area contributed by atoms with Gasteiger partial charge in [-0.3, -0.25) is 0 Å². The minimum Gasteiger partial charge on any atom is -0.409 e. The van der Waals surface area contributed by atoms with Crippen molar-refractivity contribution < 1.29 is 4.84 Å². The summed E-state index contributed by atoms with van der Waals surface area (Å²) in [5.41, 5.74) is 1.64. The van der Waals surface area contributed by atoms with Crippen LogP contribution in [-0.4, -0.2) is 29.2 Å². The van der Waals surface area contributed by atoms with Gasteiger partial charge in [-0.25, -0.2) is 0 Å². The normalized spacial score (nSPS) is 23.3. The van der Waals surface area contributed by atoms with Crippen LogP contribution < -0.4 is 5.32 Å². The van der Waals surface area contributed by atoms with Gasteiger partial charge >= 0.3 is 0 Å². The Hall–Kier alpha value is -0.540. The first kappa shape index (κ1) is 21.5. The van der Waals surface area contributed by atoms with Gasteiger partial charge in [0.2, 0.25) is 0 Å². The number of piperidine rings is 1. The largest absolute Gasteiger partial charge is 0.409 e. The molecule has 0 radical (unpaired) electrons. The summed E-state index contributed by atoms with van der Waals surface area (Å²) >= 11 is 0. The second-order valence-corrected chi connectivity index (χ2v) is 9.79. The summed E-state index contributed by atoms with van der Waals surface area (Å²) in [6, 6.07) is 0.557. The lowest BCUT2D eigenvalue weighted by molar-refractivity contribution is -0.267. The van der Waals surface area contributed by atoms with Crippen LogP contribution in [0, 0.1) is 5.41 Å². The van der Waals surface area contributed by atoms with Crippen molar-refractivity contribution in [3.8, 4) is 0 Å². The molecule has 1 aliphatic carbocycles. The first-order valence-electron chi connectivity index (χ1n) is 9.77. The minimum atomic E-state index is 0.0291. The Bertz CT molecular complexity index is 419. The number of hydrogen-bond donors (Lipinski definition) is 1. The van der Waals surface area contributed by atoms with Gasteiger partial charge in [0.05, 0.1) is 11.1 Å². The third-order valence-electron chi connectivity index (χ3n) is 4.68. The summed E-state index contributed by atoms with van der Waals surface area (Å²) in [6.07, 6.45) is 5.89. The van der Waals surface area contributed by atoms with Gasteiger partial charge in [0.25, 0.3) is 0 Å². The molecule has 0 unspecified atom stereocenters. The zero-order valence-electron chi connectivity index (χ0n) is 18.0.